The van der Waals surface area contributed by atoms with E-state index < -0.39 is 0 Å². The molecule has 2 aliphatic heterocycles. The van der Waals surface area contributed by atoms with Gasteiger partial charge < -0.3 is 19.7 Å². The highest BCUT2D eigenvalue weighted by atomic mass is 16.5. The van der Waals surface area contributed by atoms with Gasteiger partial charge in [0.1, 0.15) is 0 Å². The van der Waals surface area contributed by atoms with E-state index in [1.165, 1.54) is 44.5 Å². The highest BCUT2D eigenvalue weighted by molar-refractivity contribution is 5.42. The van der Waals surface area contributed by atoms with Gasteiger partial charge in [-0.1, -0.05) is 6.07 Å². The minimum absolute atomic E-state index is 0.770. The van der Waals surface area contributed by atoms with Gasteiger partial charge in [-0.15, -0.1) is 0 Å². The summed E-state index contributed by atoms with van der Waals surface area (Å²) in [6, 6.07) is 7.03. The van der Waals surface area contributed by atoms with Crippen LogP contribution in [0.5, 0.6) is 11.5 Å². The molecule has 2 aliphatic rings. The average molecular weight is 304 g/mol. The quantitative estimate of drug-likeness (QED) is 0.905. The molecule has 2 saturated heterocycles. The van der Waals surface area contributed by atoms with Gasteiger partial charge in [0.05, 0.1) is 14.2 Å². The standard InChI is InChI=1S/C18H28N2O2/c1-21-17-6-5-14(12-18(17)22-2)7-10-20-11-8-16-15(13-20)4-3-9-19-16/h5-6,12,15-16,19H,3-4,7-11,13H2,1-2H3. The summed E-state index contributed by atoms with van der Waals surface area (Å²) >= 11 is 0. The molecule has 2 atom stereocenters. The molecule has 22 heavy (non-hydrogen) atoms. The molecule has 0 saturated carbocycles. The lowest BCUT2D eigenvalue weighted by Gasteiger charge is -2.41. The maximum Gasteiger partial charge on any atom is 0.160 e. The van der Waals surface area contributed by atoms with E-state index in [2.05, 4.69) is 22.3 Å². The lowest BCUT2D eigenvalue weighted by molar-refractivity contribution is 0.115. The molecule has 122 valence electrons. The van der Waals surface area contributed by atoms with Crippen LogP contribution >= 0.6 is 0 Å². The van der Waals surface area contributed by atoms with E-state index in [0.29, 0.717) is 0 Å². The number of hydrogen-bond donors (Lipinski definition) is 1. The zero-order chi connectivity index (χ0) is 15.4. The maximum absolute atomic E-state index is 5.39. The fraction of sp³-hybridized carbons (Fsp3) is 0.667. The number of nitrogens with one attached hydrogen (secondary N) is 1. The summed E-state index contributed by atoms with van der Waals surface area (Å²) < 4.78 is 10.7. The fourth-order valence-electron chi connectivity index (χ4n) is 3.85. The number of fused-ring (bicyclic) bond motifs is 1. The summed E-state index contributed by atoms with van der Waals surface area (Å²) in [4.78, 5) is 2.63. The average Bonchev–Trinajstić information content (AvgIpc) is 2.59. The number of benzene rings is 1. The normalized spacial score (nSPS) is 25.5. The minimum Gasteiger partial charge on any atom is -0.493 e. The SMILES string of the molecule is COc1ccc(CCN2CCC3NCCCC3C2)cc1OC. The Balaban J connectivity index is 1.54. The number of methoxy groups -OCH3 is 2. The first-order valence-corrected chi connectivity index (χ1v) is 8.47. The minimum atomic E-state index is 0.770. The van der Waals surface area contributed by atoms with Gasteiger partial charge in [-0.05, 0) is 62.4 Å². The van der Waals surface area contributed by atoms with E-state index in [1.807, 2.05) is 6.07 Å². The Morgan fingerprint density at radius 3 is 2.86 bits per heavy atom. The lowest BCUT2D eigenvalue weighted by Crippen LogP contribution is -2.52. The molecule has 0 spiro atoms. The molecule has 0 aromatic heterocycles. The van der Waals surface area contributed by atoms with Crippen molar-refractivity contribution < 1.29 is 9.47 Å². The summed E-state index contributed by atoms with van der Waals surface area (Å²) in [5, 5.41) is 3.69. The smallest absolute Gasteiger partial charge is 0.160 e. The molecule has 0 bridgehead atoms. The number of hydrogen-bond acceptors (Lipinski definition) is 4. The predicted octanol–water partition coefficient (Wildman–Crippen LogP) is 2.32. The summed E-state index contributed by atoms with van der Waals surface area (Å²) in [7, 11) is 3.38. The summed E-state index contributed by atoms with van der Waals surface area (Å²) in [6.45, 7) is 4.83. The second-order valence-corrected chi connectivity index (χ2v) is 6.49. The van der Waals surface area contributed by atoms with Crippen LogP contribution in [-0.2, 0) is 6.42 Å². The van der Waals surface area contributed by atoms with E-state index in [-0.39, 0.29) is 0 Å². The third-order valence-corrected chi connectivity index (χ3v) is 5.14. The Bertz CT molecular complexity index is 492. The number of nitrogens with zero attached hydrogens (tertiary/aromatic N) is 1. The van der Waals surface area contributed by atoms with Crippen LogP contribution in [0.15, 0.2) is 18.2 Å². The Labute approximate surface area is 133 Å². The maximum atomic E-state index is 5.39. The van der Waals surface area contributed by atoms with Crippen LogP contribution in [0.3, 0.4) is 0 Å². The van der Waals surface area contributed by atoms with Crippen molar-refractivity contribution in [2.24, 2.45) is 5.92 Å². The van der Waals surface area contributed by atoms with Crippen LogP contribution in [-0.4, -0.2) is 51.3 Å². The van der Waals surface area contributed by atoms with Crippen LogP contribution in [0.25, 0.3) is 0 Å². The van der Waals surface area contributed by atoms with Crippen molar-refractivity contribution in [2.45, 2.75) is 31.7 Å². The summed E-state index contributed by atoms with van der Waals surface area (Å²) in [5.41, 5.74) is 1.32. The van der Waals surface area contributed by atoms with Crippen LogP contribution in [0.4, 0.5) is 0 Å². The zero-order valence-electron chi connectivity index (χ0n) is 13.8. The highest BCUT2D eigenvalue weighted by Crippen LogP contribution is 2.28. The van der Waals surface area contributed by atoms with Crippen LogP contribution in [0.1, 0.15) is 24.8 Å². The van der Waals surface area contributed by atoms with E-state index in [4.69, 9.17) is 9.47 Å². The van der Waals surface area contributed by atoms with Crippen molar-refractivity contribution in [3.8, 4) is 11.5 Å². The number of piperidine rings is 2. The van der Waals surface area contributed by atoms with Gasteiger partial charge in [0, 0.05) is 19.1 Å². The molecule has 1 aromatic carbocycles. The third kappa shape index (κ3) is 3.55. The fourth-order valence-corrected chi connectivity index (χ4v) is 3.85. The Kier molecular flexibility index (Phi) is 5.21. The van der Waals surface area contributed by atoms with Gasteiger partial charge in [0.15, 0.2) is 11.5 Å². The second-order valence-electron chi connectivity index (χ2n) is 6.49. The van der Waals surface area contributed by atoms with Crippen molar-refractivity contribution in [3.05, 3.63) is 23.8 Å². The second kappa shape index (κ2) is 7.34. The topological polar surface area (TPSA) is 33.7 Å². The van der Waals surface area contributed by atoms with Gasteiger partial charge in [0.2, 0.25) is 0 Å². The first kappa shape index (κ1) is 15.6. The third-order valence-electron chi connectivity index (χ3n) is 5.14. The molecular weight excluding hydrogens is 276 g/mol. The van der Waals surface area contributed by atoms with Crippen molar-refractivity contribution >= 4 is 0 Å². The van der Waals surface area contributed by atoms with E-state index in [9.17, 15) is 0 Å². The molecule has 2 heterocycles. The van der Waals surface area contributed by atoms with Crippen LogP contribution in [0, 0.1) is 5.92 Å². The highest BCUT2D eigenvalue weighted by Gasteiger charge is 2.30. The van der Waals surface area contributed by atoms with Crippen molar-refractivity contribution in [2.75, 3.05) is 40.4 Å². The molecule has 0 radical (unpaired) electrons. The van der Waals surface area contributed by atoms with Crippen molar-refractivity contribution in [1.82, 2.24) is 10.2 Å². The zero-order valence-corrected chi connectivity index (χ0v) is 13.8. The molecule has 0 aliphatic carbocycles. The molecule has 2 unspecified atom stereocenters. The van der Waals surface area contributed by atoms with E-state index in [1.54, 1.807) is 14.2 Å². The van der Waals surface area contributed by atoms with Crippen LogP contribution < -0.4 is 14.8 Å². The molecule has 1 N–H and O–H groups in total. The molecule has 4 heteroatoms. The Morgan fingerprint density at radius 1 is 1.18 bits per heavy atom. The van der Waals surface area contributed by atoms with Gasteiger partial charge in [0.25, 0.3) is 0 Å². The van der Waals surface area contributed by atoms with Crippen molar-refractivity contribution in [3.63, 3.8) is 0 Å². The van der Waals surface area contributed by atoms with Gasteiger partial charge >= 0.3 is 0 Å². The molecular formula is C18H28N2O2. The van der Waals surface area contributed by atoms with E-state index >= 15 is 0 Å². The van der Waals surface area contributed by atoms with E-state index in [0.717, 1.165) is 36.4 Å². The van der Waals surface area contributed by atoms with Crippen LogP contribution in [0.2, 0.25) is 0 Å². The Morgan fingerprint density at radius 2 is 2.05 bits per heavy atom. The molecule has 3 rings (SSSR count). The number of ether oxygens (including phenoxy) is 2. The monoisotopic (exact) mass is 304 g/mol. The molecule has 0 amide bonds. The summed E-state index contributed by atoms with van der Waals surface area (Å²) in [6.07, 6.45) is 5.11. The summed E-state index contributed by atoms with van der Waals surface area (Å²) in [5.74, 6) is 2.49. The molecule has 4 nitrogen and oxygen atoms in total. The largest absolute Gasteiger partial charge is 0.493 e. The first-order valence-electron chi connectivity index (χ1n) is 8.47. The predicted molar refractivity (Wildman–Crippen MR) is 88.8 cm³/mol. The van der Waals surface area contributed by atoms with Gasteiger partial charge in [-0.3, -0.25) is 0 Å². The van der Waals surface area contributed by atoms with Gasteiger partial charge in [-0.2, -0.15) is 0 Å². The van der Waals surface area contributed by atoms with Gasteiger partial charge in [-0.25, -0.2) is 0 Å². The number of rotatable bonds is 5. The first-order chi connectivity index (χ1) is 10.8. The van der Waals surface area contributed by atoms with Crippen molar-refractivity contribution in [1.29, 1.82) is 0 Å². The Hall–Kier alpha value is -1.26. The lowest BCUT2D eigenvalue weighted by atomic mass is 9.85. The molecule has 1 aromatic rings. The number of likely N-dealkylation sites (tertiary alicyclic amines) is 1. The molecule has 2 fully saturated rings.